The van der Waals surface area contributed by atoms with E-state index in [1.807, 2.05) is 0 Å². The summed E-state index contributed by atoms with van der Waals surface area (Å²) in [4.78, 5) is 0. The van der Waals surface area contributed by atoms with E-state index in [4.69, 9.17) is 9.47 Å². The summed E-state index contributed by atoms with van der Waals surface area (Å²) >= 11 is 0. The van der Waals surface area contributed by atoms with Crippen LogP contribution in [0.1, 0.15) is 13.3 Å². The Balaban J connectivity index is 0. The zero-order valence-corrected chi connectivity index (χ0v) is 8.27. The van der Waals surface area contributed by atoms with Crippen molar-refractivity contribution in [3.63, 3.8) is 0 Å². The second kappa shape index (κ2) is 12.0. The minimum atomic E-state index is 0. The molecular formula is C6H14GdO2. The van der Waals surface area contributed by atoms with E-state index < -0.39 is 0 Å². The summed E-state index contributed by atoms with van der Waals surface area (Å²) in [6, 6.07) is 0. The van der Waals surface area contributed by atoms with Crippen LogP contribution in [0.3, 0.4) is 0 Å². The van der Waals surface area contributed by atoms with E-state index in [9.17, 15) is 0 Å². The van der Waals surface area contributed by atoms with Crippen molar-refractivity contribution < 1.29 is 49.4 Å². The summed E-state index contributed by atoms with van der Waals surface area (Å²) in [6.07, 6.45) is 1.09. The standard InChI is InChI=1S/C6H14O2.Gd/c1-3-4-8-6-5-7-2;/h3-6H2,1-2H3;. The van der Waals surface area contributed by atoms with Crippen molar-refractivity contribution in [1.82, 2.24) is 0 Å². The van der Waals surface area contributed by atoms with Crippen LogP contribution in [0.5, 0.6) is 0 Å². The van der Waals surface area contributed by atoms with Gasteiger partial charge in [-0.25, -0.2) is 0 Å². The molecule has 0 aromatic carbocycles. The van der Waals surface area contributed by atoms with Gasteiger partial charge in [0.1, 0.15) is 0 Å². The molecule has 0 amide bonds. The van der Waals surface area contributed by atoms with Crippen LogP contribution in [0.4, 0.5) is 0 Å². The van der Waals surface area contributed by atoms with Gasteiger partial charge in [-0.3, -0.25) is 0 Å². The van der Waals surface area contributed by atoms with Crippen molar-refractivity contribution in [2.45, 2.75) is 13.3 Å². The van der Waals surface area contributed by atoms with Gasteiger partial charge in [0, 0.05) is 53.7 Å². The van der Waals surface area contributed by atoms with Crippen molar-refractivity contribution in [3.8, 4) is 0 Å². The monoisotopic (exact) mass is 276 g/mol. The van der Waals surface area contributed by atoms with Crippen molar-refractivity contribution in [2.24, 2.45) is 0 Å². The molecule has 0 atom stereocenters. The Hall–Kier alpha value is 1.24. The van der Waals surface area contributed by atoms with Gasteiger partial charge in [-0.05, 0) is 6.42 Å². The van der Waals surface area contributed by atoms with Crippen LogP contribution < -0.4 is 0 Å². The fourth-order valence-electron chi connectivity index (χ4n) is 0.389. The molecule has 0 fully saturated rings. The fraction of sp³-hybridized carbons (Fsp3) is 1.00. The normalized spacial score (nSPS) is 8.67. The second-order valence-electron chi connectivity index (χ2n) is 1.61. The summed E-state index contributed by atoms with van der Waals surface area (Å²) in [7, 11) is 1.68. The second-order valence-corrected chi connectivity index (χ2v) is 1.61. The average Bonchev–Trinajstić information content (AvgIpc) is 1.81. The number of rotatable bonds is 5. The Morgan fingerprint density at radius 1 is 1.11 bits per heavy atom. The van der Waals surface area contributed by atoms with E-state index in [-0.39, 0.29) is 39.9 Å². The van der Waals surface area contributed by atoms with Gasteiger partial charge in [-0.15, -0.1) is 0 Å². The van der Waals surface area contributed by atoms with Crippen LogP contribution in [0.15, 0.2) is 0 Å². The van der Waals surface area contributed by atoms with Gasteiger partial charge >= 0.3 is 0 Å². The first-order valence-corrected chi connectivity index (χ1v) is 2.98. The molecular weight excluding hydrogens is 261 g/mol. The first-order valence-electron chi connectivity index (χ1n) is 2.98. The average molecular weight is 275 g/mol. The molecule has 0 radical (unpaired) electrons. The molecule has 0 bridgehead atoms. The van der Waals surface area contributed by atoms with Gasteiger partial charge < -0.3 is 9.47 Å². The zero-order valence-electron chi connectivity index (χ0n) is 6.00. The molecule has 0 saturated heterocycles. The van der Waals surface area contributed by atoms with Gasteiger partial charge in [-0.2, -0.15) is 0 Å². The summed E-state index contributed by atoms with van der Waals surface area (Å²) in [6.45, 7) is 4.38. The molecule has 0 rings (SSSR count). The van der Waals surface area contributed by atoms with E-state index >= 15 is 0 Å². The minimum Gasteiger partial charge on any atom is -0.382 e. The van der Waals surface area contributed by atoms with E-state index in [1.165, 1.54) is 0 Å². The first-order chi connectivity index (χ1) is 3.91. The molecule has 3 heteroatoms. The Morgan fingerprint density at radius 3 is 2.22 bits per heavy atom. The molecule has 0 aromatic heterocycles. The number of ether oxygens (including phenoxy) is 2. The van der Waals surface area contributed by atoms with Crippen LogP contribution in [0.25, 0.3) is 0 Å². The number of hydrogen-bond acceptors (Lipinski definition) is 2. The smallest absolute Gasteiger partial charge is 0.0700 e. The third-order valence-corrected chi connectivity index (χ3v) is 0.780. The molecule has 0 aliphatic heterocycles. The Morgan fingerprint density at radius 2 is 1.78 bits per heavy atom. The quantitative estimate of drug-likeness (QED) is 0.699. The molecule has 0 saturated carbocycles. The fourth-order valence-corrected chi connectivity index (χ4v) is 0.389. The zero-order chi connectivity index (χ0) is 6.24. The molecule has 0 spiro atoms. The van der Waals surface area contributed by atoms with Gasteiger partial charge in [0.25, 0.3) is 0 Å². The largest absolute Gasteiger partial charge is 0.382 e. The molecule has 0 unspecified atom stereocenters. The van der Waals surface area contributed by atoms with Crippen LogP contribution in [0, 0.1) is 39.9 Å². The van der Waals surface area contributed by atoms with Crippen molar-refractivity contribution in [2.75, 3.05) is 26.9 Å². The van der Waals surface area contributed by atoms with Crippen molar-refractivity contribution in [3.05, 3.63) is 0 Å². The van der Waals surface area contributed by atoms with Crippen LogP contribution in [0.2, 0.25) is 0 Å². The van der Waals surface area contributed by atoms with E-state index in [0.717, 1.165) is 19.6 Å². The predicted molar refractivity (Wildman–Crippen MR) is 33.0 cm³/mol. The number of methoxy groups -OCH3 is 1. The Kier molecular flexibility index (Phi) is 17.1. The van der Waals surface area contributed by atoms with Crippen LogP contribution in [-0.4, -0.2) is 26.9 Å². The van der Waals surface area contributed by atoms with Gasteiger partial charge in [0.2, 0.25) is 0 Å². The molecule has 58 valence electrons. The maximum Gasteiger partial charge on any atom is 0.0700 e. The first kappa shape index (κ1) is 12.9. The summed E-state index contributed by atoms with van der Waals surface area (Å²) in [5.41, 5.74) is 0. The molecule has 0 N–H and O–H groups in total. The van der Waals surface area contributed by atoms with Crippen molar-refractivity contribution >= 4 is 0 Å². The van der Waals surface area contributed by atoms with E-state index in [2.05, 4.69) is 6.92 Å². The molecule has 2 nitrogen and oxygen atoms in total. The molecule has 9 heavy (non-hydrogen) atoms. The third kappa shape index (κ3) is 12.4. The predicted octanol–water partition coefficient (Wildman–Crippen LogP) is 1.06. The van der Waals surface area contributed by atoms with E-state index in [1.54, 1.807) is 7.11 Å². The number of hydrogen-bond donors (Lipinski definition) is 0. The maximum atomic E-state index is 5.10. The van der Waals surface area contributed by atoms with Crippen LogP contribution >= 0.6 is 0 Å². The SMILES string of the molecule is CCCOCCOC.[Gd]. The molecule has 0 heterocycles. The summed E-state index contributed by atoms with van der Waals surface area (Å²) in [5, 5.41) is 0. The summed E-state index contributed by atoms with van der Waals surface area (Å²) < 4.78 is 9.86. The van der Waals surface area contributed by atoms with Gasteiger partial charge in [0.15, 0.2) is 0 Å². The van der Waals surface area contributed by atoms with Gasteiger partial charge in [0.05, 0.1) is 13.2 Å². The summed E-state index contributed by atoms with van der Waals surface area (Å²) in [5.74, 6) is 0. The molecule has 0 aromatic rings. The Labute approximate surface area is 89.0 Å². The maximum absolute atomic E-state index is 5.10. The Bertz CT molecular complexity index is 36.0. The molecule has 0 aliphatic carbocycles. The topological polar surface area (TPSA) is 18.5 Å². The van der Waals surface area contributed by atoms with Crippen LogP contribution in [-0.2, 0) is 9.47 Å². The van der Waals surface area contributed by atoms with E-state index in [0.29, 0.717) is 6.61 Å². The van der Waals surface area contributed by atoms with Gasteiger partial charge in [-0.1, -0.05) is 6.92 Å². The third-order valence-electron chi connectivity index (χ3n) is 0.780. The van der Waals surface area contributed by atoms with Crippen molar-refractivity contribution in [1.29, 1.82) is 0 Å². The minimum absolute atomic E-state index is 0. The molecule has 0 aliphatic rings.